The van der Waals surface area contributed by atoms with Crippen molar-refractivity contribution < 1.29 is 0 Å². The van der Waals surface area contributed by atoms with E-state index in [0.29, 0.717) is 0 Å². The normalized spacial score (nSPS) is 16.7. The first-order valence-electron chi connectivity index (χ1n) is 6.80. The zero-order chi connectivity index (χ0) is 12.5. The van der Waals surface area contributed by atoms with Gasteiger partial charge < -0.3 is 15.2 Å². The van der Waals surface area contributed by atoms with Crippen molar-refractivity contribution in [3.05, 3.63) is 30.0 Å². The zero-order valence-corrected chi connectivity index (χ0v) is 11.0. The Morgan fingerprint density at radius 3 is 2.78 bits per heavy atom. The predicted octanol–water partition coefficient (Wildman–Crippen LogP) is 2.40. The maximum atomic E-state index is 5.85. The van der Waals surface area contributed by atoms with E-state index in [1.807, 2.05) is 6.07 Å². The summed E-state index contributed by atoms with van der Waals surface area (Å²) in [5.41, 5.74) is 9.38. The van der Waals surface area contributed by atoms with Crippen molar-refractivity contribution in [1.82, 2.24) is 9.47 Å². The number of hydrogen-bond acceptors (Lipinski definition) is 2. The van der Waals surface area contributed by atoms with E-state index in [1.54, 1.807) is 0 Å². The Hall–Kier alpha value is -1.48. The van der Waals surface area contributed by atoms with E-state index in [4.69, 9.17) is 5.73 Å². The summed E-state index contributed by atoms with van der Waals surface area (Å²) in [6, 6.07) is 6.22. The molecule has 18 heavy (non-hydrogen) atoms. The molecule has 0 aliphatic carbocycles. The number of nitrogens with two attached hydrogens (primary N) is 1. The Kier molecular flexibility index (Phi) is 3.00. The van der Waals surface area contributed by atoms with Crippen molar-refractivity contribution in [2.45, 2.75) is 19.3 Å². The average Bonchev–Trinajstić information content (AvgIpc) is 2.96. The molecule has 1 saturated heterocycles. The molecule has 0 unspecified atom stereocenters. The van der Waals surface area contributed by atoms with Crippen molar-refractivity contribution in [3.8, 4) is 0 Å². The maximum Gasteiger partial charge on any atom is 0.0501 e. The third-order valence-electron chi connectivity index (χ3n) is 3.99. The molecule has 0 bridgehead atoms. The number of fused-ring (bicyclic) bond motifs is 1. The first-order chi connectivity index (χ1) is 8.74. The van der Waals surface area contributed by atoms with Crippen LogP contribution in [0.5, 0.6) is 0 Å². The van der Waals surface area contributed by atoms with Crippen LogP contribution in [0.15, 0.2) is 24.4 Å². The van der Waals surface area contributed by atoms with Gasteiger partial charge in [-0.25, -0.2) is 0 Å². The van der Waals surface area contributed by atoms with Gasteiger partial charge in [0.05, 0.1) is 5.52 Å². The highest BCUT2D eigenvalue weighted by Crippen LogP contribution is 2.23. The van der Waals surface area contributed by atoms with E-state index < -0.39 is 0 Å². The minimum atomic E-state index is 0.842. The molecule has 3 heteroatoms. The van der Waals surface area contributed by atoms with Crippen molar-refractivity contribution in [1.29, 1.82) is 0 Å². The van der Waals surface area contributed by atoms with Crippen LogP contribution < -0.4 is 5.73 Å². The summed E-state index contributed by atoms with van der Waals surface area (Å²) >= 11 is 0. The van der Waals surface area contributed by atoms with Crippen LogP contribution in [0.2, 0.25) is 0 Å². The van der Waals surface area contributed by atoms with Crippen LogP contribution in [0.4, 0.5) is 5.69 Å². The predicted molar refractivity (Wildman–Crippen MR) is 76.7 cm³/mol. The Bertz CT molecular complexity index is 550. The molecule has 0 atom stereocenters. The summed E-state index contributed by atoms with van der Waals surface area (Å²) in [7, 11) is 2.10. The Morgan fingerprint density at radius 1 is 1.22 bits per heavy atom. The van der Waals surface area contributed by atoms with Gasteiger partial charge in [-0.1, -0.05) is 6.07 Å². The highest BCUT2D eigenvalue weighted by Gasteiger charge is 2.13. The highest BCUT2D eigenvalue weighted by molar-refractivity contribution is 5.86. The van der Waals surface area contributed by atoms with Gasteiger partial charge in [0.25, 0.3) is 0 Å². The van der Waals surface area contributed by atoms with Gasteiger partial charge in [-0.3, -0.25) is 0 Å². The molecular weight excluding hydrogens is 222 g/mol. The molecule has 0 amide bonds. The first-order valence-corrected chi connectivity index (χ1v) is 6.80. The zero-order valence-electron chi connectivity index (χ0n) is 11.0. The van der Waals surface area contributed by atoms with Gasteiger partial charge >= 0.3 is 0 Å². The molecule has 3 nitrogen and oxygen atoms in total. The molecule has 96 valence electrons. The number of nitrogens with zero attached hydrogens (tertiary/aromatic N) is 2. The molecule has 1 aromatic heterocycles. The molecule has 0 spiro atoms. The van der Waals surface area contributed by atoms with Gasteiger partial charge in [0.2, 0.25) is 0 Å². The molecule has 2 heterocycles. The van der Waals surface area contributed by atoms with Crippen LogP contribution in [-0.2, 0) is 13.5 Å². The molecule has 1 aliphatic heterocycles. The Balaban J connectivity index is 1.83. The molecule has 1 fully saturated rings. The van der Waals surface area contributed by atoms with Crippen LogP contribution in [0, 0.1) is 0 Å². The summed E-state index contributed by atoms with van der Waals surface area (Å²) in [6.07, 6.45) is 6.12. The smallest absolute Gasteiger partial charge is 0.0501 e. The fourth-order valence-electron chi connectivity index (χ4n) is 2.97. The number of aromatic nitrogens is 1. The van der Waals surface area contributed by atoms with Gasteiger partial charge in [0, 0.05) is 30.9 Å². The maximum absolute atomic E-state index is 5.85. The molecule has 2 aromatic rings. The Labute approximate surface area is 108 Å². The average molecular weight is 243 g/mol. The molecular formula is C15H21N3. The molecule has 3 rings (SSSR count). The number of hydrogen-bond donors (Lipinski definition) is 1. The van der Waals surface area contributed by atoms with Crippen molar-refractivity contribution in [2.24, 2.45) is 7.05 Å². The minimum absolute atomic E-state index is 0.842. The second-order valence-corrected chi connectivity index (χ2v) is 5.34. The quantitative estimate of drug-likeness (QED) is 0.840. The van der Waals surface area contributed by atoms with Crippen LogP contribution >= 0.6 is 0 Å². The number of nitrogen functional groups attached to an aromatic ring is 1. The van der Waals surface area contributed by atoms with Crippen molar-refractivity contribution in [2.75, 3.05) is 25.4 Å². The van der Waals surface area contributed by atoms with Crippen LogP contribution in [0.1, 0.15) is 18.4 Å². The van der Waals surface area contributed by atoms with E-state index in [1.165, 1.54) is 48.9 Å². The lowest BCUT2D eigenvalue weighted by molar-refractivity contribution is 0.344. The van der Waals surface area contributed by atoms with E-state index in [9.17, 15) is 0 Å². The number of aryl methyl sites for hydroxylation is 1. The summed E-state index contributed by atoms with van der Waals surface area (Å²) in [5.74, 6) is 0. The molecule has 1 aromatic carbocycles. The second kappa shape index (κ2) is 4.65. The van der Waals surface area contributed by atoms with E-state index in [-0.39, 0.29) is 0 Å². The van der Waals surface area contributed by atoms with Gasteiger partial charge in [-0.05, 0) is 50.0 Å². The monoisotopic (exact) mass is 243 g/mol. The fourth-order valence-corrected chi connectivity index (χ4v) is 2.97. The summed E-state index contributed by atoms with van der Waals surface area (Å²) in [6.45, 7) is 3.74. The van der Waals surface area contributed by atoms with Gasteiger partial charge in [0.1, 0.15) is 0 Å². The third-order valence-corrected chi connectivity index (χ3v) is 3.99. The minimum Gasteiger partial charge on any atom is -0.399 e. The van der Waals surface area contributed by atoms with Crippen molar-refractivity contribution in [3.63, 3.8) is 0 Å². The second-order valence-electron chi connectivity index (χ2n) is 5.34. The topological polar surface area (TPSA) is 34.2 Å². The molecule has 1 aliphatic rings. The fraction of sp³-hybridized carbons (Fsp3) is 0.467. The van der Waals surface area contributed by atoms with Crippen molar-refractivity contribution >= 4 is 16.6 Å². The number of likely N-dealkylation sites (tertiary alicyclic amines) is 1. The third kappa shape index (κ3) is 2.10. The lowest BCUT2D eigenvalue weighted by Crippen LogP contribution is -2.21. The lowest BCUT2D eigenvalue weighted by atomic mass is 10.1. The number of rotatable bonds is 3. The SMILES string of the molecule is Cn1cc(CCN2CCCC2)c2ccc(N)cc21. The lowest BCUT2D eigenvalue weighted by Gasteiger charge is -2.13. The first kappa shape index (κ1) is 11.6. The Morgan fingerprint density at radius 2 is 2.00 bits per heavy atom. The summed E-state index contributed by atoms with van der Waals surface area (Å²) in [5, 5.41) is 1.35. The summed E-state index contributed by atoms with van der Waals surface area (Å²) in [4.78, 5) is 2.57. The molecule has 0 saturated carbocycles. The molecule has 0 radical (unpaired) electrons. The standard InChI is InChI=1S/C15H21N3/c1-17-11-12(6-9-18-7-2-3-8-18)14-5-4-13(16)10-15(14)17/h4-5,10-11H,2-3,6-9,16H2,1H3. The van der Waals surface area contributed by atoms with Crippen LogP contribution in [0.25, 0.3) is 10.9 Å². The number of benzene rings is 1. The van der Waals surface area contributed by atoms with E-state index in [0.717, 1.165) is 12.1 Å². The number of anilines is 1. The largest absolute Gasteiger partial charge is 0.399 e. The molecule has 2 N–H and O–H groups in total. The van der Waals surface area contributed by atoms with E-state index in [2.05, 4.69) is 34.8 Å². The van der Waals surface area contributed by atoms with Gasteiger partial charge in [-0.15, -0.1) is 0 Å². The van der Waals surface area contributed by atoms with Gasteiger partial charge in [-0.2, -0.15) is 0 Å². The van der Waals surface area contributed by atoms with Crippen LogP contribution in [-0.4, -0.2) is 29.1 Å². The van der Waals surface area contributed by atoms with Gasteiger partial charge in [0.15, 0.2) is 0 Å². The summed E-state index contributed by atoms with van der Waals surface area (Å²) < 4.78 is 2.19. The van der Waals surface area contributed by atoms with Crippen LogP contribution in [0.3, 0.4) is 0 Å². The van der Waals surface area contributed by atoms with E-state index >= 15 is 0 Å². The highest BCUT2D eigenvalue weighted by atomic mass is 15.1.